The molecule has 1 aliphatic rings. The van der Waals surface area contributed by atoms with Gasteiger partial charge >= 0.3 is 5.97 Å². The van der Waals surface area contributed by atoms with Gasteiger partial charge in [-0.15, -0.1) is 0 Å². The van der Waals surface area contributed by atoms with E-state index in [-0.39, 0.29) is 5.92 Å². The summed E-state index contributed by atoms with van der Waals surface area (Å²) in [7, 11) is 0. The number of hydrogen-bond donors (Lipinski definition) is 1. The molecule has 0 saturated carbocycles. The topological polar surface area (TPSA) is 46.5 Å². The Morgan fingerprint density at radius 1 is 1.00 bits per heavy atom. The Morgan fingerprint density at radius 3 is 2.33 bits per heavy atom. The Hall–Kier alpha value is -2.13. The predicted molar refractivity (Wildman–Crippen MR) is 81.2 cm³/mol. The molecule has 3 rings (SSSR count). The van der Waals surface area contributed by atoms with Crippen LogP contribution in [0, 0.1) is 5.92 Å². The van der Waals surface area contributed by atoms with Gasteiger partial charge in [0.1, 0.15) is 0 Å². The van der Waals surface area contributed by atoms with Crippen molar-refractivity contribution in [3.8, 4) is 11.1 Å². The number of hydrogen-bond acceptors (Lipinski definition) is 2. The van der Waals surface area contributed by atoms with Crippen LogP contribution in [0.2, 0.25) is 0 Å². The van der Waals surface area contributed by atoms with Crippen LogP contribution in [0.5, 0.6) is 0 Å². The van der Waals surface area contributed by atoms with Crippen LogP contribution in [-0.2, 0) is 9.53 Å². The van der Waals surface area contributed by atoms with E-state index in [1.807, 2.05) is 30.3 Å². The van der Waals surface area contributed by atoms with Gasteiger partial charge in [-0.2, -0.15) is 0 Å². The first-order valence-electron chi connectivity index (χ1n) is 7.21. The molecule has 1 aliphatic heterocycles. The fraction of sp³-hybridized carbons (Fsp3) is 0.278. The first-order valence-corrected chi connectivity index (χ1v) is 7.21. The van der Waals surface area contributed by atoms with E-state index >= 15 is 0 Å². The monoisotopic (exact) mass is 282 g/mol. The van der Waals surface area contributed by atoms with Crippen molar-refractivity contribution in [3.63, 3.8) is 0 Å². The minimum absolute atomic E-state index is 0.0427. The second kappa shape index (κ2) is 6.10. The minimum Gasteiger partial charge on any atom is -0.481 e. The van der Waals surface area contributed by atoms with E-state index in [9.17, 15) is 9.90 Å². The normalized spacial score (nSPS) is 21.9. The first kappa shape index (κ1) is 13.8. The molecule has 108 valence electrons. The van der Waals surface area contributed by atoms with Crippen molar-refractivity contribution in [1.82, 2.24) is 0 Å². The van der Waals surface area contributed by atoms with E-state index in [0.717, 1.165) is 17.5 Å². The zero-order valence-corrected chi connectivity index (χ0v) is 11.7. The van der Waals surface area contributed by atoms with Crippen LogP contribution >= 0.6 is 0 Å². The molecule has 0 amide bonds. The maximum absolute atomic E-state index is 11.3. The van der Waals surface area contributed by atoms with Gasteiger partial charge in [-0.3, -0.25) is 4.79 Å². The van der Waals surface area contributed by atoms with Gasteiger partial charge < -0.3 is 9.84 Å². The second-order valence-electron chi connectivity index (χ2n) is 5.40. The van der Waals surface area contributed by atoms with Crippen molar-refractivity contribution in [2.45, 2.75) is 12.3 Å². The van der Waals surface area contributed by atoms with Crippen molar-refractivity contribution in [2.75, 3.05) is 13.2 Å². The predicted octanol–water partition coefficient (Wildman–Crippen LogP) is 3.56. The van der Waals surface area contributed by atoms with Gasteiger partial charge in [0.15, 0.2) is 0 Å². The van der Waals surface area contributed by atoms with Crippen LogP contribution in [0.25, 0.3) is 11.1 Å². The zero-order chi connectivity index (χ0) is 14.7. The molecule has 1 saturated heterocycles. The van der Waals surface area contributed by atoms with Crippen LogP contribution in [0.1, 0.15) is 17.9 Å². The highest BCUT2D eigenvalue weighted by atomic mass is 16.5. The minimum atomic E-state index is -0.771. The lowest BCUT2D eigenvalue weighted by molar-refractivity contribution is -0.147. The molecular formula is C18H18O3. The molecule has 0 aliphatic carbocycles. The van der Waals surface area contributed by atoms with Crippen LogP contribution < -0.4 is 0 Å². The van der Waals surface area contributed by atoms with Crippen LogP contribution in [0.15, 0.2) is 54.6 Å². The van der Waals surface area contributed by atoms with Gasteiger partial charge in [-0.25, -0.2) is 0 Å². The molecule has 0 spiro atoms. The molecule has 2 aromatic carbocycles. The van der Waals surface area contributed by atoms with Gasteiger partial charge in [0.2, 0.25) is 0 Å². The fourth-order valence-electron chi connectivity index (χ4n) is 2.93. The molecule has 1 fully saturated rings. The van der Waals surface area contributed by atoms with Crippen LogP contribution in [0.4, 0.5) is 0 Å². The third-order valence-electron chi connectivity index (χ3n) is 4.12. The maximum atomic E-state index is 11.3. The van der Waals surface area contributed by atoms with Gasteiger partial charge in [0, 0.05) is 12.5 Å². The number of rotatable bonds is 3. The number of carboxylic acid groups (broad SMARTS) is 1. The summed E-state index contributed by atoms with van der Waals surface area (Å²) in [4.78, 5) is 11.3. The summed E-state index contributed by atoms with van der Waals surface area (Å²) >= 11 is 0. The van der Waals surface area contributed by atoms with Crippen molar-refractivity contribution in [1.29, 1.82) is 0 Å². The Balaban J connectivity index is 1.85. The summed E-state index contributed by atoms with van der Waals surface area (Å²) < 4.78 is 5.31. The molecule has 0 radical (unpaired) electrons. The van der Waals surface area contributed by atoms with Gasteiger partial charge in [0.05, 0.1) is 12.5 Å². The third kappa shape index (κ3) is 2.98. The largest absolute Gasteiger partial charge is 0.481 e. The molecule has 2 aromatic rings. The van der Waals surface area contributed by atoms with Crippen molar-refractivity contribution in [2.24, 2.45) is 5.92 Å². The lowest BCUT2D eigenvalue weighted by Crippen LogP contribution is -2.32. The molecule has 3 nitrogen and oxygen atoms in total. The number of carboxylic acids is 1. The van der Waals surface area contributed by atoms with Crippen LogP contribution in [-0.4, -0.2) is 24.3 Å². The Morgan fingerprint density at radius 2 is 1.67 bits per heavy atom. The molecule has 1 N–H and O–H groups in total. The average molecular weight is 282 g/mol. The van der Waals surface area contributed by atoms with Crippen molar-refractivity contribution < 1.29 is 14.6 Å². The van der Waals surface area contributed by atoms with E-state index in [1.54, 1.807) is 0 Å². The molecule has 21 heavy (non-hydrogen) atoms. The summed E-state index contributed by atoms with van der Waals surface area (Å²) in [6, 6.07) is 18.4. The second-order valence-corrected chi connectivity index (χ2v) is 5.40. The maximum Gasteiger partial charge on any atom is 0.309 e. The molecular weight excluding hydrogens is 264 g/mol. The Bertz CT molecular complexity index is 604. The Kier molecular flexibility index (Phi) is 4.02. The highest BCUT2D eigenvalue weighted by molar-refractivity contribution is 5.72. The quantitative estimate of drug-likeness (QED) is 0.936. The Labute approximate surface area is 124 Å². The highest BCUT2D eigenvalue weighted by Gasteiger charge is 2.32. The molecule has 2 atom stereocenters. The van der Waals surface area contributed by atoms with E-state index in [0.29, 0.717) is 13.2 Å². The summed E-state index contributed by atoms with van der Waals surface area (Å²) in [6.07, 6.45) is 0.766. The molecule has 0 aromatic heterocycles. The number of aliphatic carboxylic acids is 1. The highest BCUT2D eigenvalue weighted by Crippen LogP contribution is 2.33. The zero-order valence-electron chi connectivity index (χ0n) is 11.7. The van der Waals surface area contributed by atoms with E-state index in [1.165, 1.54) is 5.56 Å². The lowest BCUT2D eigenvalue weighted by Gasteiger charge is -2.29. The lowest BCUT2D eigenvalue weighted by atomic mass is 9.82. The number of carbonyl (C=O) groups is 1. The average Bonchev–Trinajstić information content (AvgIpc) is 2.56. The third-order valence-corrected chi connectivity index (χ3v) is 4.12. The summed E-state index contributed by atoms with van der Waals surface area (Å²) in [5, 5.41) is 9.32. The molecule has 0 bridgehead atoms. The summed E-state index contributed by atoms with van der Waals surface area (Å²) in [5.41, 5.74) is 3.41. The van der Waals surface area contributed by atoms with Gasteiger partial charge in [0.25, 0.3) is 0 Å². The molecule has 1 heterocycles. The first-order chi connectivity index (χ1) is 10.3. The van der Waals surface area contributed by atoms with Gasteiger partial charge in [-0.05, 0) is 23.1 Å². The van der Waals surface area contributed by atoms with Crippen molar-refractivity contribution >= 4 is 5.97 Å². The smallest absolute Gasteiger partial charge is 0.309 e. The number of ether oxygens (including phenoxy) is 1. The fourth-order valence-corrected chi connectivity index (χ4v) is 2.93. The standard InChI is InChI=1S/C18H18O3/c19-18(20)17-12-21-11-10-16(17)15-8-6-14(7-9-15)13-4-2-1-3-5-13/h1-9,16-17H,10-12H2,(H,19,20)/t16-,17-/m0/s1. The SMILES string of the molecule is O=C(O)[C@H]1COCC[C@H]1c1ccc(-c2ccccc2)cc1. The summed E-state index contributed by atoms with van der Waals surface area (Å²) in [5.74, 6) is -1.17. The van der Waals surface area contributed by atoms with Gasteiger partial charge in [-0.1, -0.05) is 54.6 Å². The van der Waals surface area contributed by atoms with E-state index < -0.39 is 11.9 Å². The summed E-state index contributed by atoms with van der Waals surface area (Å²) in [6.45, 7) is 0.940. The molecule has 3 heteroatoms. The van der Waals surface area contributed by atoms with E-state index in [4.69, 9.17) is 4.74 Å². The van der Waals surface area contributed by atoms with E-state index in [2.05, 4.69) is 24.3 Å². The van der Waals surface area contributed by atoms with Crippen LogP contribution in [0.3, 0.4) is 0 Å². The molecule has 0 unspecified atom stereocenters. The van der Waals surface area contributed by atoms with Crippen molar-refractivity contribution in [3.05, 3.63) is 60.2 Å². The number of benzene rings is 2.